The number of piperidine rings is 1. The third-order valence-corrected chi connectivity index (χ3v) is 5.29. The van der Waals surface area contributed by atoms with Gasteiger partial charge in [-0.2, -0.15) is 0 Å². The number of nitrogens with one attached hydrogen (secondary N) is 1. The summed E-state index contributed by atoms with van der Waals surface area (Å²) in [6.07, 6.45) is 3.74. The van der Waals surface area contributed by atoms with Gasteiger partial charge in [-0.15, -0.1) is 0 Å². The molecule has 1 N–H and O–H groups in total. The topological polar surface area (TPSA) is 71.9 Å². The van der Waals surface area contributed by atoms with Crippen LogP contribution in [0.2, 0.25) is 0 Å². The quantitative estimate of drug-likeness (QED) is 0.895. The molecule has 7 nitrogen and oxygen atoms in total. The largest absolute Gasteiger partial charge is 0.456 e. The lowest BCUT2D eigenvalue weighted by Gasteiger charge is -2.38. The molecule has 4 rings (SSSR count). The van der Waals surface area contributed by atoms with Crippen LogP contribution in [0.5, 0.6) is 11.6 Å². The van der Waals surface area contributed by atoms with E-state index in [1.165, 1.54) is 6.33 Å². The van der Waals surface area contributed by atoms with Crippen LogP contribution < -0.4 is 10.1 Å². The van der Waals surface area contributed by atoms with Gasteiger partial charge in [0, 0.05) is 12.0 Å². The normalized spacial score (nSPS) is 23.6. The molecular formula is C20H25N5O2. The van der Waals surface area contributed by atoms with E-state index >= 15 is 0 Å². The summed E-state index contributed by atoms with van der Waals surface area (Å²) in [6, 6.07) is 11.8. The molecule has 0 unspecified atom stereocenters. The second-order valence-corrected chi connectivity index (χ2v) is 7.40. The van der Waals surface area contributed by atoms with Gasteiger partial charge < -0.3 is 14.4 Å². The van der Waals surface area contributed by atoms with Gasteiger partial charge in [0.1, 0.15) is 23.5 Å². The molecule has 1 fully saturated rings. The maximum atomic E-state index is 6.20. The smallest absolute Gasteiger partial charge is 0.291 e. The fourth-order valence-corrected chi connectivity index (χ4v) is 3.59. The highest BCUT2D eigenvalue weighted by molar-refractivity contribution is 5.89. The first-order chi connectivity index (χ1) is 13.1. The van der Waals surface area contributed by atoms with Crippen LogP contribution in [0.1, 0.15) is 19.8 Å². The van der Waals surface area contributed by atoms with Gasteiger partial charge in [0.15, 0.2) is 0 Å². The Morgan fingerprint density at radius 2 is 1.96 bits per heavy atom. The molecule has 0 bridgehead atoms. The Hall–Kier alpha value is -2.67. The van der Waals surface area contributed by atoms with Gasteiger partial charge in [-0.3, -0.25) is 5.32 Å². The van der Waals surface area contributed by atoms with Crippen molar-refractivity contribution in [2.45, 2.75) is 25.4 Å². The predicted octanol–water partition coefficient (Wildman–Crippen LogP) is 3.17. The molecule has 1 atom stereocenters. The molecule has 3 heterocycles. The number of hydrogen-bond acceptors (Lipinski definition) is 7. The first kappa shape index (κ1) is 17.7. The Bertz CT molecular complexity index is 805. The molecule has 0 saturated carbocycles. The van der Waals surface area contributed by atoms with Crippen LogP contribution in [0.4, 0.5) is 5.82 Å². The van der Waals surface area contributed by atoms with E-state index in [0.29, 0.717) is 30.2 Å². The lowest BCUT2D eigenvalue weighted by atomic mass is 9.82. The number of rotatable bonds is 4. The van der Waals surface area contributed by atoms with E-state index in [9.17, 15) is 0 Å². The SMILES string of the molecule is CN1CCC([C@@]2(C)CN=C(Nc3cc(Oc4ccccc4)ncn3)O2)CC1. The zero-order chi connectivity index (χ0) is 18.7. The molecule has 0 radical (unpaired) electrons. The second-order valence-electron chi connectivity index (χ2n) is 7.40. The molecule has 1 saturated heterocycles. The van der Waals surface area contributed by atoms with E-state index in [1.54, 1.807) is 6.07 Å². The van der Waals surface area contributed by atoms with Gasteiger partial charge >= 0.3 is 0 Å². The second kappa shape index (κ2) is 7.52. The monoisotopic (exact) mass is 367 g/mol. The fourth-order valence-electron chi connectivity index (χ4n) is 3.59. The lowest BCUT2D eigenvalue weighted by Crippen LogP contribution is -2.45. The van der Waals surface area contributed by atoms with Crippen LogP contribution in [-0.2, 0) is 4.74 Å². The molecule has 2 aliphatic heterocycles. The van der Waals surface area contributed by atoms with Crippen molar-refractivity contribution in [3.05, 3.63) is 42.7 Å². The van der Waals surface area contributed by atoms with E-state index in [0.717, 1.165) is 31.7 Å². The number of aromatic nitrogens is 2. The summed E-state index contributed by atoms with van der Waals surface area (Å²) in [5.74, 6) is 2.31. The first-order valence-electron chi connectivity index (χ1n) is 9.35. The number of para-hydroxylation sites is 1. The summed E-state index contributed by atoms with van der Waals surface area (Å²) in [7, 11) is 2.17. The number of ether oxygens (including phenoxy) is 2. The minimum absolute atomic E-state index is 0.250. The van der Waals surface area contributed by atoms with Gasteiger partial charge in [0.25, 0.3) is 6.02 Å². The Balaban J connectivity index is 1.38. The number of benzene rings is 1. The predicted molar refractivity (Wildman–Crippen MR) is 104 cm³/mol. The average molecular weight is 367 g/mol. The lowest BCUT2D eigenvalue weighted by molar-refractivity contribution is 0.0109. The summed E-state index contributed by atoms with van der Waals surface area (Å²) < 4.78 is 12.0. The molecule has 0 amide bonds. The highest BCUT2D eigenvalue weighted by Gasteiger charge is 2.42. The number of aliphatic imine (C=N–C) groups is 1. The number of hydrogen-bond donors (Lipinski definition) is 1. The molecule has 0 aliphatic carbocycles. The number of anilines is 1. The number of likely N-dealkylation sites (tertiary alicyclic amines) is 1. The van der Waals surface area contributed by atoms with Crippen LogP contribution in [-0.4, -0.2) is 53.2 Å². The minimum atomic E-state index is -0.250. The molecule has 2 aromatic rings. The molecule has 1 aromatic heterocycles. The van der Waals surface area contributed by atoms with Crippen molar-refractivity contribution >= 4 is 11.8 Å². The van der Waals surface area contributed by atoms with Crippen LogP contribution >= 0.6 is 0 Å². The maximum Gasteiger partial charge on any atom is 0.291 e. The molecular weight excluding hydrogens is 342 g/mol. The minimum Gasteiger partial charge on any atom is -0.456 e. The van der Waals surface area contributed by atoms with Crippen molar-refractivity contribution in [3.63, 3.8) is 0 Å². The Morgan fingerprint density at radius 1 is 1.19 bits per heavy atom. The zero-order valence-electron chi connectivity index (χ0n) is 15.8. The first-order valence-corrected chi connectivity index (χ1v) is 9.35. The van der Waals surface area contributed by atoms with E-state index in [-0.39, 0.29) is 5.60 Å². The Morgan fingerprint density at radius 3 is 2.74 bits per heavy atom. The summed E-state index contributed by atoms with van der Waals surface area (Å²) >= 11 is 0. The van der Waals surface area contributed by atoms with Crippen molar-refractivity contribution in [2.75, 3.05) is 32.0 Å². The van der Waals surface area contributed by atoms with Crippen LogP contribution in [0.3, 0.4) is 0 Å². The van der Waals surface area contributed by atoms with Crippen molar-refractivity contribution in [2.24, 2.45) is 10.9 Å². The highest BCUT2D eigenvalue weighted by atomic mass is 16.5. The van der Waals surface area contributed by atoms with Crippen LogP contribution in [0.15, 0.2) is 47.7 Å². The van der Waals surface area contributed by atoms with Gasteiger partial charge in [0.05, 0.1) is 6.54 Å². The average Bonchev–Trinajstić information content (AvgIpc) is 3.05. The molecule has 27 heavy (non-hydrogen) atoms. The van der Waals surface area contributed by atoms with E-state index < -0.39 is 0 Å². The molecule has 142 valence electrons. The zero-order valence-corrected chi connectivity index (χ0v) is 15.8. The maximum absolute atomic E-state index is 6.20. The Kier molecular flexibility index (Phi) is 4.94. The van der Waals surface area contributed by atoms with Gasteiger partial charge in [-0.25, -0.2) is 15.0 Å². The highest BCUT2D eigenvalue weighted by Crippen LogP contribution is 2.34. The van der Waals surface area contributed by atoms with Gasteiger partial charge in [-0.1, -0.05) is 18.2 Å². The van der Waals surface area contributed by atoms with Crippen molar-refractivity contribution in [1.82, 2.24) is 14.9 Å². The van der Waals surface area contributed by atoms with E-state index in [2.05, 4.69) is 39.1 Å². The van der Waals surface area contributed by atoms with Crippen LogP contribution in [0.25, 0.3) is 0 Å². The summed E-state index contributed by atoms with van der Waals surface area (Å²) in [6.45, 7) is 5.05. The van der Waals surface area contributed by atoms with Crippen molar-refractivity contribution in [1.29, 1.82) is 0 Å². The van der Waals surface area contributed by atoms with E-state index in [1.807, 2.05) is 30.3 Å². The van der Waals surface area contributed by atoms with Crippen molar-refractivity contribution in [3.8, 4) is 11.6 Å². The summed E-state index contributed by atoms with van der Waals surface area (Å²) in [5, 5.41) is 3.16. The van der Waals surface area contributed by atoms with Crippen LogP contribution in [0, 0.1) is 5.92 Å². The standard InChI is InChI=1S/C20H25N5O2/c1-20(15-8-10-25(2)11-9-15)13-21-19(27-20)24-17-12-18(23-14-22-17)26-16-6-4-3-5-7-16/h3-7,12,14-15H,8-11,13H2,1-2H3,(H,21,22,23,24)/t20-/m1/s1. The number of nitrogens with zero attached hydrogens (tertiary/aromatic N) is 4. The third-order valence-electron chi connectivity index (χ3n) is 5.29. The van der Waals surface area contributed by atoms with Crippen molar-refractivity contribution < 1.29 is 9.47 Å². The fraction of sp³-hybridized carbons (Fsp3) is 0.450. The van der Waals surface area contributed by atoms with E-state index in [4.69, 9.17) is 9.47 Å². The van der Waals surface area contributed by atoms with Gasteiger partial charge in [-0.05, 0) is 52.0 Å². The molecule has 1 aromatic carbocycles. The van der Waals surface area contributed by atoms with Gasteiger partial charge in [0.2, 0.25) is 5.88 Å². The molecule has 2 aliphatic rings. The molecule has 0 spiro atoms. The Labute approximate surface area is 159 Å². The molecule has 7 heteroatoms. The summed E-state index contributed by atoms with van der Waals surface area (Å²) in [5.41, 5.74) is -0.250. The summed E-state index contributed by atoms with van der Waals surface area (Å²) in [4.78, 5) is 15.3. The number of amidine groups is 1. The third kappa shape index (κ3) is 4.19.